The number of fused-ring (bicyclic) bond motifs is 3. The molecular formula is C27H27N. The van der Waals surface area contributed by atoms with E-state index in [0.717, 1.165) is 6.42 Å². The number of hydrogen-bond donors (Lipinski definition) is 1. The van der Waals surface area contributed by atoms with Crippen molar-refractivity contribution < 1.29 is 0 Å². The predicted molar refractivity (Wildman–Crippen MR) is 119 cm³/mol. The molecule has 0 unspecified atom stereocenters. The molecule has 1 heterocycles. The van der Waals surface area contributed by atoms with Crippen LogP contribution in [0.25, 0.3) is 11.1 Å². The van der Waals surface area contributed by atoms with Crippen LogP contribution in [0.1, 0.15) is 54.8 Å². The van der Waals surface area contributed by atoms with E-state index in [9.17, 15) is 0 Å². The fourth-order valence-electron chi connectivity index (χ4n) is 4.82. The molecule has 1 aliphatic carbocycles. The SMILES string of the molecule is CC(C)c1ccc([C@@H]2Nc3ccc(-c4ccccc4)cc3[C@@H]3C=CC[C@@H]32)cc1. The van der Waals surface area contributed by atoms with Crippen molar-refractivity contribution in [3.05, 3.63) is 102 Å². The molecule has 28 heavy (non-hydrogen) atoms. The zero-order chi connectivity index (χ0) is 19.1. The predicted octanol–water partition coefficient (Wildman–Crippen LogP) is 7.30. The summed E-state index contributed by atoms with van der Waals surface area (Å²) in [5.41, 5.74) is 8.13. The number of hydrogen-bond acceptors (Lipinski definition) is 1. The van der Waals surface area contributed by atoms with Gasteiger partial charge in [-0.2, -0.15) is 0 Å². The monoisotopic (exact) mass is 365 g/mol. The molecule has 0 saturated heterocycles. The van der Waals surface area contributed by atoms with Gasteiger partial charge in [-0.05, 0) is 58.2 Å². The largest absolute Gasteiger partial charge is 0.378 e. The topological polar surface area (TPSA) is 12.0 Å². The summed E-state index contributed by atoms with van der Waals surface area (Å²) in [7, 11) is 0. The average molecular weight is 366 g/mol. The highest BCUT2D eigenvalue weighted by atomic mass is 15.0. The Labute approximate surface area is 168 Å². The standard InChI is InChI=1S/C27H27N/c1-18(2)19-11-13-21(14-12-19)27-24-10-6-9-23(24)25-17-22(15-16-26(25)28-27)20-7-4-3-5-8-20/h3-9,11-18,23-24,27-28H,10H2,1-2H3/t23-,24+,27+/m1/s1. The van der Waals surface area contributed by atoms with Crippen LogP contribution in [-0.4, -0.2) is 0 Å². The van der Waals surface area contributed by atoms with E-state index >= 15 is 0 Å². The molecule has 0 fully saturated rings. The Balaban J connectivity index is 1.51. The number of anilines is 1. The van der Waals surface area contributed by atoms with Gasteiger partial charge in [0, 0.05) is 11.6 Å². The summed E-state index contributed by atoms with van der Waals surface area (Å²) < 4.78 is 0. The van der Waals surface area contributed by atoms with Crippen molar-refractivity contribution >= 4 is 5.69 Å². The molecule has 0 spiro atoms. The highest BCUT2D eigenvalue weighted by Crippen LogP contribution is 2.50. The maximum Gasteiger partial charge on any atom is 0.0553 e. The summed E-state index contributed by atoms with van der Waals surface area (Å²) in [6.07, 6.45) is 5.94. The van der Waals surface area contributed by atoms with E-state index in [0.29, 0.717) is 23.8 Å². The van der Waals surface area contributed by atoms with Gasteiger partial charge in [0.2, 0.25) is 0 Å². The Hall–Kier alpha value is -2.80. The highest BCUT2D eigenvalue weighted by Gasteiger charge is 2.37. The average Bonchev–Trinajstić information content (AvgIpc) is 3.24. The van der Waals surface area contributed by atoms with Crippen LogP contribution in [0.4, 0.5) is 5.69 Å². The maximum absolute atomic E-state index is 3.87. The van der Waals surface area contributed by atoms with Crippen LogP contribution in [-0.2, 0) is 0 Å². The van der Waals surface area contributed by atoms with E-state index in [-0.39, 0.29) is 0 Å². The third-order valence-corrected chi connectivity index (χ3v) is 6.43. The van der Waals surface area contributed by atoms with Crippen LogP contribution in [0.2, 0.25) is 0 Å². The molecule has 0 aromatic heterocycles. The fourth-order valence-corrected chi connectivity index (χ4v) is 4.82. The lowest BCUT2D eigenvalue weighted by Gasteiger charge is -2.38. The molecule has 1 N–H and O–H groups in total. The molecule has 3 atom stereocenters. The Bertz CT molecular complexity index is 998. The van der Waals surface area contributed by atoms with Gasteiger partial charge in [0.15, 0.2) is 0 Å². The van der Waals surface area contributed by atoms with Gasteiger partial charge in [0.05, 0.1) is 6.04 Å². The van der Waals surface area contributed by atoms with Crippen LogP contribution in [0.3, 0.4) is 0 Å². The molecule has 5 rings (SSSR count). The summed E-state index contributed by atoms with van der Waals surface area (Å²) >= 11 is 0. The van der Waals surface area contributed by atoms with Gasteiger partial charge in [-0.25, -0.2) is 0 Å². The van der Waals surface area contributed by atoms with Crippen molar-refractivity contribution in [3.63, 3.8) is 0 Å². The molecule has 0 bridgehead atoms. The van der Waals surface area contributed by atoms with Crippen molar-refractivity contribution in [3.8, 4) is 11.1 Å². The van der Waals surface area contributed by atoms with Crippen molar-refractivity contribution in [1.82, 2.24) is 0 Å². The Morgan fingerprint density at radius 1 is 0.857 bits per heavy atom. The number of allylic oxidation sites excluding steroid dienone is 2. The van der Waals surface area contributed by atoms with Crippen LogP contribution in [0, 0.1) is 5.92 Å². The number of nitrogens with one attached hydrogen (secondary N) is 1. The molecular weight excluding hydrogens is 338 g/mol. The van der Waals surface area contributed by atoms with E-state index < -0.39 is 0 Å². The molecule has 0 amide bonds. The van der Waals surface area contributed by atoms with Crippen molar-refractivity contribution in [2.75, 3.05) is 5.32 Å². The van der Waals surface area contributed by atoms with Crippen LogP contribution in [0.15, 0.2) is 84.9 Å². The van der Waals surface area contributed by atoms with Crippen molar-refractivity contribution in [2.24, 2.45) is 5.92 Å². The smallest absolute Gasteiger partial charge is 0.0553 e. The quantitative estimate of drug-likeness (QED) is 0.480. The van der Waals surface area contributed by atoms with Crippen LogP contribution < -0.4 is 5.32 Å². The molecule has 140 valence electrons. The minimum Gasteiger partial charge on any atom is -0.378 e. The Morgan fingerprint density at radius 3 is 2.39 bits per heavy atom. The second kappa shape index (κ2) is 6.98. The van der Waals surface area contributed by atoms with Gasteiger partial charge in [-0.15, -0.1) is 0 Å². The van der Waals surface area contributed by atoms with Gasteiger partial charge in [-0.3, -0.25) is 0 Å². The van der Waals surface area contributed by atoms with Gasteiger partial charge >= 0.3 is 0 Å². The molecule has 1 nitrogen and oxygen atoms in total. The first-order valence-electron chi connectivity index (χ1n) is 10.4. The van der Waals surface area contributed by atoms with Crippen molar-refractivity contribution in [1.29, 1.82) is 0 Å². The zero-order valence-electron chi connectivity index (χ0n) is 16.6. The van der Waals surface area contributed by atoms with Gasteiger partial charge in [0.1, 0.15) is 0 Å². The molecule has 2 aliphatic rings. The summed E-state index contributed by atoms with van der Waals surface area (Å²) in [6, 6.07) is 27.2. The minimum absolute atomic E-state index is 0.372. The Kier molecular flexibility index (Phi) is 4.31. The summed E-state index contributed by atoms with van der Waals surface area (Å²) in [5, 5.41) is 3.87. The Morgan fingerprint density at radius 2 is 1.64 bits per heavy atom. The molecule has 0 saturated carbocycles. The summed E-state index contributed by atoms with van der Waals surface area (Å²) in [6.45, 7) is 4.51. The number of benzene rings is 3. The lowest BCUT2D eigenvalue weighted by Crippen LogP contribution is -2.29. The van der Waals surface area contributed by atoms with Crippen LogP contribution in [0.5, 0.6) is 0 Å². The van der Waals surface area contributed by atoms with Gasteiger partial charge < -0.3 is 5.32 Å². The second-order valence-corrected chi connectivity index (χ2v) is 8.46. The molecule has 1 aliphatic heterocycles. The first-order valence-corrected chi connectivity index (χ1v) is 10.4. The first-order chi connectivity index (χ1) is 13.7. The summed E-state index contributed by atoms with van der Waals surface area (Å²) in [5.74, 6) is 1.66. The molecule has 3 aromatic rings. The van der Waals surface area contributed by atoms with E-state index in [1.807, 2.05) is 0 Å². The molecule has 3 aromatic carbocycles. The van der Waals surface area contributed by atoms with E-state index in [2.05, 4.69) is 104 Å². The normalized spacial score (nSPS) is 22.6. The van der Waals surface area contributed by atoms with Gasteiger partial charge in [0.25, 0.3) is 0 Å². The lowest BCUT2D eigenvalue weighted by molar-refractivity contribution is 0.425. The first kappa shape index (κ1) is 17.3. The minimum atomic E-state index is 0.372. The zero-order valence-corrected chi connectivity index (χ0v) is 16.6. The molecule has 1 heteroatoms. The highest BCUT2D eigenvalue weighted by molar-refractivity contribution is 5.71. The number of rotatable bonds is 3. The van der Waals surface area contributed by atoms with E-state index in [1.165, 1.54) is 33.5 Å². The van der Waals surface area contributed by atoms with Gasteiger partial charge in [-0.1, -0.05) is 86.7 Å². The third-order valence-electron chi connectivity index (χ3n) is 6.43. The third kappa shape index (κ3) is 2.96. The maximum atomic E-state index is 3.87. The van der Waals surface area contributed by atoms with E-state index in [4.69, 9.17) is 0 Å². The second-order valence-electron chi connectivity index (χ2n) is 8.46. The van der Waals surface area contributed by atoms with Crippen molar-refractivity contribution in [2.45, 2.75) is 38.1 Å². The lowest BCUT2D eigenvalue weighted by atomic mass is 9.76. The summed E-state index contributed by atoms with van der Waals surface area (Å²) in [4.78, 5) is 0. The van der Waals surface area contributed by atoms with E-state index in [1.54, 1.807) is 0 Å². The van der Waals surface area contributed by atoms with Crippen LogP contribution >= 0.6 is 0 Å². The molecule has 0 radical (unpaired) electrons. The fraction of sp³-hybridized carbons (Fsp3) is 0.259.